The predicted octanol–water partition coefficient (Wildman–Crippen LogP) is 6.55. The lowest BCUT2D eigenvalue weighted by molar-refractivity contribution is 0.834. The molecule has 1 unspecified atom stereocenters. The zero-order chi connectivity index (χ0) is 16.2. The van der Waals surface area contributed by atoms with Crippen LogP contribution in [0.4, 0.5) is 5.69 Å². The highest BCUT2D eigenvalue weighted by atomic mass is 31.1. The molecule has 0 aliphatic rings. The molecule has 0 bridgehead atoms. The Kier molecular flexibility index (Phi) is 7.07. The number of nitrogens with zero attached hydrogens (tertiary/aromatic N) is 1. The van der Waals surface area contributed by atoms with Crippen molar-refractivity contribution >= 4 is 19.3 Å². The van der Waals surface area contributed by atoms with Crippen LogP contribution in [0.1, 0.15) is 70.9 Å². The van der Waals surface area contributed by atoms with Crippen molar-refractivity contribution < 1.29 is 0 Å². The molecule has 0 N–H and O–H groups in total. The number of para-hydroxylation sites is 1. The third-order valence-corrected chi connectivity index (χ3v) is 6.06. The molecular formula is C19H32NP. The number of rotatable bonds is 6. The first-order valence-electron chi connectivity index (χ1n) is 8.16. The lowest BCUT2D eigenvalue weighted by Crippen LogP contribution is -2.14. The van der Waals surface area contributed by atoms with Gasteiger partial charge in [-0.1, -0.05) is 59.7 Å². The molecule has 2 heteroatoms. The fourth-order valence-electron chi connectivity index (χ4n) is 2.55. The van der Waals surface area contributed by atoms with Crippen molar-refractivity contribution in [2.45, 2.75) is 65.5 Å². The van der Waals surface area contributed by atoms with Gasteiger partial charge in [-0.2, -0.15) is 0 Å². The molecular weight excluding hydrogens is 273 g/mol. The van der Waals surface area contributed by atoms with Crippen molar-refractivity contribution in [2.24, 2.45) is 4.99 Å². The summed E-state index contributed by atoms with van der Waals surface area (Å²) in [4.78, 5) is 5.17. The molecule has 118 valence electrons. The molecule has 21 heavy (non-hydrogen) atoms. The van der Waals surface area contributed by atoms with Crippen molar-refractivity contribution in [1.29, 1.82) is 0 Å². The van der Waals surface area contributed by atoms with E-state index in [0.29, 0.717) is 17.5 Å². The quantitative estimate of drug-likeness (QED) is 0.417. The predicted molar refractivity (Wildman–Crippen MR) is 100 cm³/mol. The lowest BCUT2D eigenvalue weighted by atomic mass is 9.93. The SMILES string of the molecule is CCC(=Nc1c(C(C)C)cccc1C(C)C)C(C)P(C)C. The van der Waals surface area contributed by atoms with Crippen LogP contribution in [-0.2, 0) is 0 Å². The standard InChI is InChI=1S/C19H32NP/c1-9-18(15(6)21(7)8)20-19-16(13(2)3)11-10-12-17(19)14(4)5/h10-15H,9H2,1-8H3. The highest BCUT2D eigenvalue weighted by molar-refractivity contribution is 7.57. The number of hydrogen-bond acceptors (Lipinski definition) is 1. The molecule has 0 amide bonds. The molecule has 0 saturated carbocycles. The Balaban J connectivity index is 3.44. The molecule has 1 aromatic rings. The maximum atomic E-state index is 5.17. The van der Waals surface area contributed by atoms with E-state index in [1.54, 1.807) is 0 Å². The summed E-state index contributed by atoms with van der Waals surface area (Å²) in [6.07, 6.45) is 1.05. The molecule has 0 spiro atoms. The lowest BCUT2D eigenvalue weighted by Gasteiger charge is -2.21. The Morgan fingerprint density at radius 1 is 1.00 bits per heavy atom. The van der Waals surface area contributed by atoms with Crippen LogP contribution in [-0.4, -0.2) is 24.7 Å². The van der Waals surface area contributed by atoms with Gasteiger partial charge in [-0.15, -0.1) is 7.92 Å². The van der Waals surface area contributed by atoms with Crippen LogP contribution in [0.15, 0.2) is 23.2 Å². The summed E-state index contributed by atoms with van der Waals surface area (Å²) >= 11 is 0. The normalized spacial score (nSPS) is 14.3. The van der Waals surface area contributed by atoms with Gasteiger partial charge >= 0.3 is 0 Å². The van der Waals surface area contributed by atoms with Gasteiger partial charge in [-0.3, -0.25) is 4.99 Å². The molecule has 0 fully saturated rings. The fraction of sp³-hybridized carbons (Fsp3) is 0.632. The van der Waals surface area contributed by atoms with Gasteiger partial charge in [0.15, 0.2) is 0 Å². The molecule has 0 aliphatic carbocycles. The van der Waals surface area contributed by atoms with E-state index in [0.717, 1.165) is 6.42 Å². The monoisotopic (exact) mass is 305 g/mol. The largest absolute Gasteiger partial charge is 0.257 e. The summed E-state index contributed by atoms with van der Waals surface area (Å²) in [6, 6.07) is 6.67. The van der Waals surface area contributed by atoms with E-state index in [-0.39, 0.29) is 7.92 Å². The van der Waals surface area contributed by atoms with E-state index in [4.69, 9.17) is 4.99 Å². The number of hydrogen-bond donors (Lipinski definition) is 0. The fourth-order valence-corrected chi connectivity index (χ4v) is 3.39. The Hall–Kier alpha value is -0.680. The maximum Gasteiger partial charge on any atom is 0.0698 e. The van der Waals surface area contributed by atoms with Crippen LogP contribution in [0.5, 0.6) is 0 Å². The average molecular weight is 305 g/mol. The van der Waals surface area contributed by atoms with Crippen LogP contribution >= 0.6 is 7.92 Å². The second-order valence-electron chi connectivity index (χ2n) is 6.69. The van der Waals surface area contributed by atoms with Gasteiger partial charge in [-0.25, -0.2) is 0 Å². The van der Waals surface area contributed by atoms with Gasteiger partial charge in [0.1, 0.15) is 0 Å². The van der Waals surface area contributed by atoms with E-state index in [9.17, 15) is 0 Å². The first-order valence-corrected chi connectivity index (χ1v) is 10.5. The minimum absolute atomic E-state index is 0.0162. The molecule has 0 aromatic heterocycles. The van der Waals surface area contributed by atoms with Gasteiger partial charge in [0.05, 0.1) is 5.69 Å². The topological polar surface area (TPSA) is 12.4 Å². The van der Waals surface area contributed by atoms with Crippen LogP contribution in [0, 0.1) is 0 Å². The molecule has 0 radical (unpaired) electrons. The summed E-state index contributed by atoms with van der Waals surface area (Å²) in [6.45, 7) is 18.3. The Morgan fingerprint density at radius 3 is 1.81 bits per heavy atom. The highest BCUT2D eigenvalue weighted by Gasteiger charge is 2.17. The van der Waals surface area contributed by atoms with Gasteiger partial charge in [-0.05, 0) is 42.7 Å². The van der Waals surface area contributed by atoms with E-state index >= 15 is 0 Å². The van der Waals surface area contributed by atoms with Crippen molar-refractivity contribution in [3.63, 3.8) is 0 Å². The van der Waals surface area contributed by atoms with Crippen molar-refractivity contribution in [3.8, 4) is 0 Å². The molecule has 1 atom stereocenters. The summed E-state index contributed by atoms with van der Waals surface area (Å²) in [7, 11) is 0.0162. The number of benzene rings is 1. The van der Waals surface area contributed by atoms with Gasteiger partial charge in [0.25, 0.3) is 0 Å². The maximum absolute atomic E-state index is 5.17. The summed E-state index contributed by atoms with van der Waals surface area (Å²) in [5.41, 5.74) is 5.97. The Bertz CT molecular complexity index is 460. The van der Waals surface area contributed by atoms with Crippen molar-refractivity contribution in [1.82, 2.24) is 0 Å². The Labute approximate surface area is 133 Å². The zero-order valence-electron chi connectivity index (χ0n) is 15.1. The van der Waals surface area contributed by atoms with E-state index < -0.39 is 0 Å². The van der Waals surface area contributed by atoms with Gasteiger partial charge in [0.2, 0.25) is 0 Å². The van der Waals surface area contributed by atoms with Gasteiger partial charge < -0.3 is 0 Å². The zero-order valence-corrected chi connectivity index (χ0v) is 16.0. The Morgan fingerprint density at radius 2 is 1.48 bits per heavy atom. The first-order chi connectivity index (χ1) is 9.79. The average Bonchev–Trinajstić information content (AvgIpc) is 2.43. The second-order valence-corrected chi connectivity index (χ2v) is 9.39. The highest BCUT2D eigenvalue weighted by Crippen LogP contribution is 2.38. The molecule has 0 saturated heterocycles. The molecule has 1 rings (SSSR count). The molecule has 1 aromatic carbocycles. The van der Waals surface area contributed by atoms with Crippen LogP contribution in [0.25, 0.3) is 0 Å². The minimum atomic E-state index is 0.0162. The third-order valence-electron chi connectivity index (χ3n) is 4.22. The summed E-state index contributed by atoms with van der Waals surface area (Å²) in [5, 5.41) is 0. The van der Waals surface area contributed by atoms with E-state index in [1.165, 1.54) is 22.5 Å². The summed E-state index contributed by atoms with van der Waals surface area (Å²) < 4.78 is 0. The summed E-state index contributed by atoms with van der Waals surface area (Å²) in [5.74, 6) is 1.03. The molecule has 1 nitrogen and oxygen atoms in total. The molecule has 0 heterocycles. The van der Waals surface area contributed by atoms with E-state index in [1.807, 2.05) is 0 Å². The van der Waals surface area contributed by atoms with Crippen molar-refractivity contribution in [2.75, 3.05) is 13.3 Å². The van der Waals surface area contributed by atoms with Gasteiger partial charge in [0, 0.05) is 11.4 Å². The van der Waals surface area contributed by atoms with E-state index in [2.05, 4.69) is 73.1 Å². The minimum Gasteiger partial charge on any atom is -0.257 e. The smallest absolute Gasteiger partial charge is 0.0698 e. The third kappa shape index (κ3) is 4.65. The van der Waals surface area contributed by atoms with Crippen molar-refractivity contribution in [3.05, 3.63) is 29.3 Å². The van der Waals surface area contributed by atoms with Crippen LogP contribution in [0.2, 0.25) is 0 Å². The number of aliphatic imine (C=N–C) groups is 1. The second kappa shape index (κ2) is 8.08. The van der Waals surface area contributed by atoms with Crippen LogP contribution < -0.4 is 0 Å². The first kappa shape index (κ1) is 18.4. The molecule has 0 aliphatic heterocycles. The van der Waals surface area contributed by atoms with Crippen LogP contribution in [0.3, 0.4) is 0 Å².